The first-order valence-corrected chi connectivity index (χ1v) is 19.6. The third kappa shape index (κ3) is 6.42. The monoisotopic (exact) mass is 733 g/mol. The van der Waals surface area contributed by atoms with Gasteiger partial charge in [-0.3, -0.25) is 0 Å². The van der Waals surface area contributed by atoms with Gasteiger partial charge in [0.25, 0.3) is 0 Å². The first kappa shape index (κ1) is 33.4. The molecule has 0 radical (unpaired) electrons. The molecule has 2 aromatic heterocycles. The van der Waals surface area contributed by atoms with Crippen molar-refractivity contribution < 1.29 is 0 Å². The van der Waals surface area contributed by atoms with E-state index in [-0.39, 0.29) is 0 Å². The second kappa shape index (κ2) is 14.6. The van der Waals surface area contributed by atoms with Crippen LogP contribution in [0.5, 0.6) is 0 Å². The Balaban J connectivity index is 1.01. The molecule has 0 unspecified atom stereocenters. The standard InChI is InChI=1S/C52H35N3S/c1-5-15-37(16-6-1)47-35-48(54-52(53-47)38-17-7-2-8-18-38)41-20-13-19-40(33-41)45-25-14-26-49-51(45)46-32-29-39(34-50(46)56-49)36-27-30-44(31-28-36)55(42-21-9-3-10-22-42)43-23-11-4-12-24-43/h1-35H. The summed E-state index contributed by atoms with van der Waals surface area (Å²) in [6.45, 7) is 0. The van der Waals surface area contributed by atoms with Crippen molar-refractivity contribution >= 4 is 48.6 Å². The molecule has 10 aromatic rings. The zero-order valence-corrected chi connectivity index (χ0v) is 31.3. The van der Waals surface area contributed by atoms with Gasteiger partial charge in [-0.25, -0.2) is 9.97 Å². The minimum atomic E-state index is 0.716. The number of rotatable bonds is 8. The Labute approximate surface area is 330 Å². The molecule has 0 saturated carbocycles. The molecule has 0 aliphatic rings. The van der Waals surface area contributed by atoms with Gasteiger partial charge in [0.2, 0.25) is 0 Å². The van der Waals surface area contributed by atoms with Gasteiger partial charge >= 0.3 is 0 Å². The van der Waals surface area contributed by atoms with Crippen molar-refractivity contribution in [2.75, 3.05) is 4.90 Å². The lowest BCUT2D eigenvalue weighted by Gasteiger charge is -2.25. The van der Waals surface area contributed by atoms with E-state index in [1.165, 1.54) is 36.9 Å². The van der Waals surface area contributed by atoms with E-state index in [0.29, 0.717) is 5.82 Å². The summed E-state index contributed by atoms with van der Waals surface area (Å²) in [4.78, 5) is 12.4. The van der Waals surface area contributed by atoms with E-state index >= 15 is 0 Å². The van der Waals surface area contributed by atoms with Gasteiger partial charge < -0.3 is 4.90 Å². The number of fused-ring (bicyclic) bond motifs is 3. The average molecular weight is 734 g/mol. The van der Waals surface area contributed by atoms with Gasteiger partial charge in [-0.1, -0.05) is 152 Å². The first-order chi connectivity index (χ1) is 27.7. The maximum absolute atomic E-state index is 5.11. The van der Waals surface area contributed by atoms with Gasteiger partial charge in [-0.15, -0.1) is 11.3 Å². The van der Waals surface area contributed by atoms with Crippen LogP contribution in [0, 0.1) is 0 Å². The number of hydrogen-bond acceptors (Lipinski definition) is 4. The van der Waals surface area contributed by atoms with Crippen LogP contribution in [0.4, 0.5) is 17.1 Å². The molecule has 2 heterocycles. The number of para-hydroxylation sites is 2. The van der Waals surface area contributed by atoms with Gasteiger partial charge in [0.05, 0.1) is 11.4 Å². The van der Waals surface area contributed by atoms with E-state index in [9.17, 15) is 0 Å². The van der Waals surface area contributed by atoms with Crippen LogP contribution in [0.3, 0.4) is 0 Å². The van der Waals surface area contributed by atoms with E-state index < -0.39 is 0 Å². The number of benzene rings is 8. The number of thiophene rings is 1. The fourth-order valence-corrected chi connectivity index (χ4v) is 8.74. The summed E-state index contributed by atoms with van der Waals surface area (Å²) in [6.07, 6.45) is 0. The average Bonchev–Trinajstić information content (AvgIpc) is 3.66. The Kier molecular flexibility index (Phi) is 8.71. The van der Waals surface area contributed by atoms with Crippen LogP contribution in [0.25, 0.3) is 76.3 Å². The summed E-state index contributed by atoms with van der Waals surface area (Å²) in [5, 5.41) is 2.55. The van der Waals surface area contributed by atoms with E-state index in [2.05, 4.69) is 193 Å². The van der Waals surface area contributed by atoms with Crippen LogP contribution in [-0.4, -0.2) is 9.97 Å². The van der Waals surface area contributed by atoms with Gasteiger partial charge in [-0.2, -0.15) is 0 Å². The molecular weight excluding hydrogens is 699 g/mol. The molecule has 0 N–H and O–H groups in total. The molecule has 0 atom stereocenters. The van der Waals surface area contributed by atoms with Crippen molar-refractivity contribution in [2.24, 2.45) is 0 Å². The topological polar surface area (TPSA) is 29.0 Å². The van der Waals surface area contributed by atoms with Crippen LogP contribution in [0.2, 0.25) is 0 Å². The van der Waals surface area contributed by atoms with Crippen LogP contribution >= 0.6 is 11.3 Å². The van der Waals surface area contributed by atoms with Gasteiger partial charge in [0, 0.05) is 53.9 Å². The second-order valence-electron chi connectivity index (χ2n) is 13.8. The van der Waals surface area contributed by atoms with Crippen molar-refractivity contribution in [1.82, 2.24) is 9.97 Å². The van der Waals surface area contributed by atoms with Crippen LogP contribution in [-0.2, 0) is 0 Å². The summed E-state index contributed by atoms with van der Waals surface area (Å²) >= 11 is 1.85. The molecule has 0 aliphatic heterocycles. The Morgan fingerprint density at radius 1 is 0.339 bits per heavy atom. The van der Waals surface area contributed by atoms with Crippen molar-refractivity contribution in [3.63, 3.8) is 0 Å². The Bertz CT molecular complexity index is 2840. The predicted molar refractivity (Wildman–Crippen MR) is 237 cm³/mol. The Morgan fingerprint density at radius 3 is 1.55 bits per heavy atom. The summed E-state index contributed by atoms with van der Waals surface area (Å²) in [5.74, 6) is 0.716. The SMILES string of the molecule is c1ccc(-c2cc(-c3cccc(-c4cccc5sc6cc(-c7ccc(N(c8ccccc8)c8ccccc8)cc7)ccc6c45)c3)nc(-c3ccccc3)n2)cc1. The molecule has 0 amide bonds. The highest BCUT2D eigenvalue weighted by Crippen LogP contribution is 2.43. The molecule has 0 saturated heterocycles. The largest absolute Gasteiger partial charge is 0.311 e. The highest BCUT2D eigenvalue weighted by atomic mass is 32.1. The normalized spacial score (nSPS) is 11.2. The zero-order chi connectivity index (χ0) is 37.3. The lowest BCUT2D eigenvalue weighted by molar-refractivity contribution is 1.18. The molecule has 8 aromatic carbocycles. The molecule has 10 rings (SSSR count). The maximum atomic E-state index is 5.11. The minimum absolute atomic E-state index is 0.716. The van der Waals surface area contributed by atoms with Crippen molar-refractivity contribution in [3.8, 4) is 56.2 Å². The van der Waals surface area contributed by atoms with Crippen molar-refractivity contribution in [1.29, 1.82) is 0 Å². The maximum Gasteiger partial charge on any atom is 0.160 e. The minimum Gasteiger partial charge on any atom is -0.311 e. The van der Waals surface area contributed by atoms with Crippen molar-refractivity contribution in [3.05, 3.63) is 212 Å². The van der Waals surface area contributed by atoms with Crippen LogP contribution < -0.4 is 4.90 Å². The smallest absolute Gasteiger partial charge is 0.160 e. The molecule has 0 fully saturated rings. The van der Waals surface area contributed by atoms with Gasteiger partial charge in [0.15, 0.2) is 5.82 Å². The van der Waals surface area contributed by atoms with Crippen LogP contribution in [0.1, 0.15) is 0 Å². The molecule has 0 aliphatic carbocycles. The first-order valence-electron chi connectivity index (χ1n) is 18.8. The highest BCUT2D eigenvalue weighted by Gasteiger charge is 2.16. The molecule has 264 valence electrons. The number of anilines is 3. The fourth-order valence-electron chi connectivity index (χ4n) is 7.56. The molecule has 0 spiro atoms. The highest BCUT2D eigenvalue weighted by molar-refractivity contribution is 7.26. The quantitative estimate of drug-likeness (QED) is 0.156. The predicted octanol–water partition coefficient (Wildman–Crippen LogP) is 14.6. The second-order valence-corrected chi connectivity index (χ2v) is 14.9. The lowest BCUT2D eigenvalue weighted by Crippen LogP contribution is -2.09. The number of nitrogens with zero attached hydrogens (tertiary/aromatic N) is 3. The summed E-state index contributed by atoms with van der Waals surface area (Å²) < 4.78 is 2.55. The molecular formula is C52H35N3S. The molecule has 3 nitrogen and oxygen atoms in total. The summed E-state index contributed by atoms with van der Waals surface area (Å²) in [5.41, 5.74) is 13.1. The van der Waals surface area contributed by atoms with E-state index in [1.807, 2.05) is 35.6 Å². The van der Waals surface area contributed by atoms with Gasteiger partial charge in [0.1, 0.15) is 0 Å². The van der Waals surface area contributed by atoms with E-state index in [4.69, 9.17) is 9.97 Å². The number of hydrogen-bond donors (Lipinski definition) is 0. The molecule has 0 bridgehead atoms. The third-order valence-electron chi connectivity index (χ3n) is 10.3. The van der Waals surface area contributed by atoms with E-state index in [1.54, 1.807) is 0 Å². The van der Waals surface area contributed by atoms with Crippen LogP contribution in [0.15, 0.2) is 212 Å². The number of aromatic nitrogens is 2. The molecule has 56 heavy (non-hydrogen) atoms. The third-order valence-corrected chi connectivity index (χ3v) is 11.4. The van der Waals surface area contributed by atoms with Gasteiger partial charge in [-0.05, 0) is 82.9 Å². The zero-order valence-electron chi connectivity index (χ0n) is 30.5. The lowest BCUT2D eigenvalue weighted by atomic mass is 9.96. The fraction of sp³-hybridized carbons (Fsp3) is 0. The Morgan fingerprint density at radius 2 is 0.875 bits per heavy atom. The summed E-state index contributed by atoms with van der Waals surface area (Å²) in [6, 6.07) is 75.0. The summed E-state index contributed by atoms with van der Waals surface area (Å²) in [7, 11) is 0. The Hall–Kier alpha value is -7.14. The van der Waals surface area contributed by atoms with Crippen molar-refractivity contribution in [2.45, 2.75) is 0 Å². The van der Waals surface area contributed by atoms with E-state index in [0.717, 1.165) is 50.7 Å². The molecule has 4 heteroatoms.